The highest BCUT2D eigenvalue weighted by Crippen LogP contribution is 2.12. The Kier molecular flexibility index (Phi) is 5.52. The topological polar surface area (TPSA) is 60.2 Å². The maximum atomic E-state index is 11.2. The van der Waals surface area contributed by atoms with E-state index in [-0.39, 0.29) is 12.4 Å². The van der Waals surface area contributed by atoms with Crippen molar-refractivity contribution < 1.29 is 24.3 Å². The Balaban J connectivity index is 1.74. The van der Waals surface area contributed by atoms with E-state index < -0.39 is 6.10 Å². The number of carbonyl (C=O) groups excluding carboxylic acids is 1. The maximum Gasteiger partial charge on any atom is 0.159 e. The van der Waals surface area contributed by atoms with Gasteiger partial charge in [0.05, 0.1) is 13.2 Å². The number of nitrogens with one attached hydrogen (secondary N) is 1. The van der Waals surface area contributed by atoms with Crippen LogP contribution in [0.1, 0.15) is 17.3 Å². The second-order valence-corrected chi connectivity index (χ2v) is 5.11. The summed E-state index contributed by atoms with van der Waals surface area (Å²) in [7, 11) is 0. The van der Waals surface area contributed by atoms with Crippen LogP contribution in [-0.4, -0.2) is 56.4 Å². The van der Waals surface area contributed by atoms with E-state index in [1.807, 2.05) is 0 Å². The highest BCUT2D eigenvalue weighted by molar-refractivity contribution is 5.94. The molecule has 2 N–H and O–H groups in total. The maximum absolute atomic E-state index is 11.2. The van der Waals surface area contributed by atoms with E-state index in [0.717, 1.165) is 26.3 Å². The van der Waals surface area contributed by atoms with Crippen molar-refractivity contribution in [2.24, 2.45) is 0 Å². The Bertz CT molecular complexity index is 426. The Labute approximate surface area is 119 Å². The molecule has 0 amide bonds. The minimum atomic E-state index is -0.490. The molecular formula is C15H22NO4+. The van der Waals surface area contributed by atoms with Crippen molar-refractivity contribution in [3.8, 4) is 5.75 Å². The van der Waals surface area contributed by atoms with E-state index in [9.17, 15) is 9.90 Å². The lowest BCUT2D eigenvalue weighted by Gasteiger charge is -2.25. The van der Waals surface area contributed by atoms with Crippen LogP contribution in [0, 0.1) is 0 Å². The quantitative estimate of drug-likeness (QED) is 0.693. The van der Waals surface area contributed by atoms with Gasteiger partial charge in [-0.15, -0.1) is 0 Å². The Morgan fingerprint density at radius 1 is 1.35 bits per heavy atom. The van der Waals surface area contributed by atoms with Crippen LogP contribution >= 0.6 is 0 Å². The third kappa shape index (κ3) is 4.59. The molecule has 1 aromatic carbocycles. The smallest absolute Gasteiger partial charge is 0.159 e. The first-order valence-corrected chi connectivity index (χ1v) is 6.98. The summed E-state index contributed by atoms with van der Waals surface area (Å²) < 4.78 is 10.8. The molecule has 1 fully saturated rings. The standard InChI is InChI=1S/C15H21NO4/c1-12(17)13-2-4-15(5-3-13)20-11-14(18)10-16-6-8-19-9-7-16/h2-5,14,18H,6-11H2,1H3/p+1/t14-/m0/s1. The summed E-state index contributed by atoms with van der Waals surface area (Å²) >= 11 is 0. The van der Waals surface area contributed by atoms with E-state index in [1.165, 1.54) is 11.8 Å². The molecule has 0 aromatic heterocycles. The summed E-state index contributed by atoms with van der Waals surface area (Å²) in [5.41, 5.74) is 0.663. The first kappa shape index (κ1) is 15.0. The Morgan fingerprint density at radius 3 is 2.60 bits per heavy atom. The summed E-state index contributed by atoms with van der Waals surface area (Å²) in [6.07, 6.45) is -0.490. The molecule has 5 heteroatoms. The minimum Gasteiger partial charge on any atom is -0.491 e. The largest absolute Gasteiger partial charge is 0.491 e. The number of hydrogen-bond acceptors (Lipinski definition) is 4. The normalized spacial score (nSPS) is 17.7. The van der Waals surface area contributed by atoms with E-state index >= 15 is 0 Å². The van der Waals surface area contributed by atoms with Gasteiger partial charge in [0.15, 0.2) is 5.78 Å². The second kappa shape index (κ2) is 7.38. The molecule has 1 aromatic rings. The number of ketones is 1. The van der Waals surface area contributed by atoms with Crippen LogP contribution in [0.3, 0.4) is 0 Å². The second-order valence-electron chi connectivity index (χ2n) is 5.11. The Hall–Kier alpha value is -1.43. The molecule has 20 heavy (non-hydrogen) atoms. The van der Waals surface area contributed by atoms with Crippen molar-refractivity contribution in [1.82, 2.24) is 0 Å². The molecule has 5 nitrogen and oxygen atoms in total. The molecular weight excluding hydrogens is 258 g/mol. The van der Waals surface area contributed by atoms with Crippen molar-refractivity contribution in [2.45, 2.75) is 13.0 Å². The zero-order valence-electron chi connectivity index (χ0n) is 11.8. The number of carbonyl (C=O) groups is 1. The minimum absolute atomic E-state index is 0.0347. The molecule has 0 aliphatic carbocycles. The van der Waals surface area contributed by atoms with Gasteiger partial charge in [-0.3, -0.25) is 4.79 Å². The third-order valence-corrected chi connectivity index (χ3v) is 3.43. The van der Waals surface area contributed by atoms with Crippen LogP contribution in [0.5, 0.6) is 5.75 Å². The number of Topliss-reactive ketones (excluding diaryl/α,β-unsaturated/α-hetero) is 1. The fourth-order valence-electron chi connectivity index (χ4n) is 2.23. The van der Waals surface area contributed by atoms with Gasteiger partial charge in [0.2, 0.25) is 0 Å². The third-order valence-electron chi connectivity index (χ3n) is 3.43. The van der Waals surface area contributed by atoms with Crippen molar-refractivity contribution in [3.63, 3.8) is 0 Å². The van der Waals surface area contributed by atoms with Gasteiger partial charge < -0.3 is 19.5 Å². The molecule has 2 rings (SSSR count). The van der Waals surface area contributed by atoms with Crippen LogP contribution in [-0.2, 0) is 4.74 Å². The number of quaternary nitrogens is 1. The van der Waals surface area contributed by atoms with Crippen molar-refractivity contribution in [2.75, 3.05) is 39.5 Å². The molecule has 0 radical (unpaired) electrons. The van der Waals surface area contributed by atoms with Gasteiger partial charge in [-0.1, -0.05) is 0 Å². The highest BCUT2D eigenvalue weighted by atomic mass is 16.5. The molecule has 1 aliphatic rings. The predicted octanol–water partition coefficient (Wildman–Crippen LogP) is -0.456. The molecule has 0 spiro atoms. The molecule has 0 saturated carbocycles. The Morgan fingerprint density at radius 2 is 2.00 bits per heavy atom. The van der Waals surface area contributed by atoms with Crippen molar-refractivity contribution in [3.05, 3.63) is 29.8 Å². The number of morpholine rings is 1. The molecule has 0 bridgehead atoms. The van der Waals surface area contributed by atoms with E-state index in [2.05, 4.69) is 0 Å². The SMILES string of the molecule is CC(=O)c1ccc(OC[C@@H](O)C[NH+]2CCOCC2)cc1. The average molecular weight is 280 g/mol. The lowest BCUT2D eigenvalue weighted by molar-refractivity contribution is -0.911. The number of aliphatic hydroxyl groups excluding tert-OH is 1. The number of benzene rings is 1. The van der Waals surface area contributed by atoms with Gasteiger partial charge in [0.25, 0.3) is 0 Å². The van der Waals surface area contributed by atoms with Gasteiger partial charge in [-0.25, -0.2) is 0 Å². The van der Waals surface area contributed by atoms with E-state index in [1.54, 1.807) is 24.3 Å². The lowest BCUT2D eigenvalue weighted by Crippen LogP contribution is -3.15. The summed E-state index contributed by atoms with van der Waals surface area (Å²) in [6, 6.07) is 6.98. The van der Waals surface area contributed by atoms with E-state index in [0.29, 0.717) is 17.9 Å². The lowest BCUT2D eigenvalue weighted by atomic mass is 10.1. The van der Waals surface area contributed by atoms with E-state index in [4.69, 9.17) is 9.47 Å². The molecule has 1 saturated heterocycles. The number of rotatable bonds is 6. The number of hydrogen-bond donors (Lipinski definition) is 2. The van der Waals surface area contributed by atoms with Crippen LogP contribution in [0.4, 0.5) is 0 Å². The zero-order valence-corrected chi connectivity index (χ0v) is 11.8. The first-order chi connectivity index (χ1) is 9.65. The van der Waals surface area contributed by atoms with Gasteiger partial charge in [-0.2, -0.15) is 0 Å². The van der Waals surface area contributed by atoms with Crippen molar-refractivity contribution in [1.29, 1.82) is 0 Å². The van der Waals surface area contributed by atoms with Crippen LogP contribution in [0.15, 0.2) is 24.3 Å². The van der Waals surface area contributed by atoms with Gasteiger partial charge >= 0.3 is 0 Å². The summed E-state index contributed by atoms with van der Waals surface area (Å²) in [5, 5.41) is 9.96. The van der Waals surface area contributed by atoms with Crippen LogP contribution in [0.25, 0.3) is 0 Å². The fourth-order valence-corrected chi connectivity index (χ4v) is 2.23. The van der Waals surface area contributed by atoms with Gasteiger partial charge in [0, 0.05) is 5.56 Å². The predicted molar refractivity (Wildman–Crippen MR) is 74.3 cm³/mol. The van der Waals surface area contributed by atoms with Gasteiger partial charge in [0.1, 0.15) is 38.1 Å². The zero-order chi connectivity index (χ0) is 14.4. The van der Waals surface area contributed by atoms with Gasteiger partial charge in [-0.05, 0) is 31.2 Å². The number of ether oxygens (including phenoxy) is 2. The fraction of sp³-hybridized carbons (Fsp3) is 0.533. The molecule has 1 aliphatic heterocycles. The molecule has 0 unspecified atom stereocenters. The highest BCUT2D eigenvalue weighted by Gasteiger charge is 2.18. The summed E-state index contributed by atoms with van der Waals surface area (Å²) in [4.78, 5) is 12.5. The summed E-state index contributed by atoms with van der Waals surface area (Å²) in [5.74, 6) is 0.707. The first-order valence-electron chi connectivity index (χ1n) is 6.98. The average Bonchev–Trinajstić information content (AvgIpc) is 2.46. The van der Waals surface area contributed by atoms with Crippen molar-refractivity contribution >= 4 is 5.78 Å². The molecule has 1 heterocycles. The molecule has 110 valence electrons. The van der Waals surface area contributed by atoms with Crippen LogP contribution in [0.2, 0.25) is 0 Å². The monoisotopic (exact) mass is 280 g/mol. The molecule has 1 atom stereocenters. The summed E-state index contributed by atoms with van der Waals surface area (Å²) in [6.45, 7) is 5.86. The van der Waals surface area contributed by atoms with Crippen LogP contribution < -0.4 is 9.64 Å². The number of aliphatic hydroxyl groups is 1.